The van der Waals surface area contributed by atoms with Crippen molar-refractivity contribution in [2.45, 2.75) is 27.2 Å². The predicted molar refractivity (Wildman–Crippen MR) is 111 cm³/mol. The van der Waals surface area contributed by atoms with E-state index in [-0.39, 0.29) is 0 Å². The summed E-state index contributed by atoms with van der Waals surface area (Å²) in [5.41, 5.74) is 4.72. The van der Waals surface area contributed by atoms with Crippen LogP contribution >= 0.6 is 0 Å². The van der Waals surface area contributed by atoms with E-state index in [9.17, 15) is 0 Å². The fourth-order valence-electron chi connectivity index (χ4n) is 2.92. The first kappa shape index (κ1) is 18.7. The van der Waals surface area contributed by atoms with Crippen molar-refractivity contribution in [1.29, 1.82) is 0 Å². The largest absolute Gasteiger partial charge is 0.496 e. The van der Waals surface area contributed by atoms with Crippen molar-refractivity contribution in [3.8, 4) is 5.75 Å². The van der Waals surface area contributed by atoms with Gasteiger partial charge in [0.2, 0.25) is 0 Å². The molecule has 0 aliphatic heterocycles. The Bertz CT molecular complexity index is 924. The molecule has 0 atom stereocenters. The van der Waals surface area contributed by atoms with Crippen LogP contribution in [0.3, 0.4) is 0 Å². The Labute approximate surface area is 160 Å². The predicted octanol–water partition coefficient (Wildman–Crippen LogP) is 4.81. The number of ether oxygens (including phenoxy) is 1. The summed E-state index contributed by atoms with van der Waals surface area (Å²) < 4.78 is 5.41. The molecule has 0 spiro atoms. The summed E-state index contributed by atoms with van der Waals surface area (Å²) >= 11 is 0. The number of hydrogen-bond acceptors (Lipinski definition) is 5. The lowest BCUT2D eigenvalue weighted by Crippen LogP contribution is -2.09. The molecule has 0 aliphatic rings. The monoisotopic (exact) mass is 362 g/mol. The molecule has 2 N–H and O–H groups in total. The van der Waals surface area contributed by atoms with Crippen LogP contribution in [0, 0.1) is 20.8 Å². The van der Waals surface area contributed by atoms with Crippen molar-refractivity contribution in [2.24, 2.45) is 0 Å². The van der Waals surface area contributed by atoms with Gasteiger partial charge < -0.3 is 15.4 Å². The van der Waals surface area contributed by atoms with Gasteiger partial charge in [0.25, 0.3) is 0 Å². The third-order valence-electron chi connectivity index (χ3n) is 4.51. The Morgan fingerprint density at radius 3 is 2.44 bits per heavy atom. The molecule has 1 heterocycles. The number of para-hydroxylation sites is 1. The van der Waals surface area contributed by atoms with Crippen LogP contribution in [0.25, 0.3) is 0 Å². The molecule has 3 rings (SSSR count). The highest BCUT2D eigenvalue weighted by Crippen LogP contribution is 2.21. The highest BCUT2D eigenvalue weighted by Gasteiger charge is 2.05. The topological polar surface area (TPSA) is 59.1 Å². The normalized spacial score (nSPS) is 10.5. The zero-order valence-corrected chi connectivity index (χ0v) is 16.3. The maximum absolute atomic E-state index is 5.41. The Morgan fingerprint density at radius 2 is 1.67 bits per heavy atom. The average Bonchev–Trinajstić information content (AvgIpc) is 2.65. The van der Waals surface area contributed by atoms with Gasteiger partial charge in [-0.3, -0.25) is 0 Å². The SMILES string of the molecule is COc1ccccc1CCNc1cc(Nc2ccc(C)c(C)c2)nc(C)n1. The molecular formula is C22H26N4O. The minimum atomic E-state index is 0.726. The lowest BCUT2D eigenvalue weighted by molar-refractivity contribution is 0.410. The summed E-state index contributed by atoms with van der Waals surface area (Å²) in [4.78, 5) is 8.98. The molecule has 27 heavy (non-hydrogen) atoms. The fraction of sp³-hybridized carbons (Fsp3) is 0.273. The van der Waals surface area contributed by atoms with E-state index < -0.39 is 0 Å². The Balaban J connectivity index is 1.67. The van der Waals surface area contributed by atoms with Crippen molar-refractivity contribution < 1.29 is 4.74 Å². The highest BCUT2D eigenvalue weighted by atomic mass is 16.5. The number of nitrogens with one attached hydrogen (secondary N) is 2. The van der Waals surface area contributed by atoms with Gasteiger partial charge in [0, 0.05) is 18.3 Å². The van der Waals surface area contributed by atoms with E-state index in [4.69, 9.17) is 4.74 Å². The summed E-state index contributed by atoms with van der Waals surface area (Å²) in [5.74, 6) is 3.23. The second-order valence-electron chi connectivity index (χ2n) is 6.60. The molecule has 0 saturated carbocycles. The van der Waals surface area contributed by atoms with Crippen LogP contribution in [0.1, 0.15) is 22.5 Å². The minimum Gasteiger partial charge on any atom is -0.496 e. The average molecular weight is 362 g/mol. The van der Waals surface area contributed by atoms with Crippen LogP contribution in [0.2, 0.25) is 0 Å². The van der Waals surface area contributed by atoms with Crippen LogP contribution in [0.15, 0.2) is 48.5 Å². The number of aromatic nitrogens is 2. The van der Waals surface area contributed by atoms with Gasteiger partial charge in [-0.15, -0.1) is 0 Å². The Hall–Kier alpha value is -3.08. The van der Waals surface area contributed by atoms with Crippen molar-refractivity contribution >= 4 is 17.3 Å². The van der Waals surface area contributed by atoms with Gasteiger partial charge in [-0.1, -0.05) is 24.3 Å². The van der Waals surface area contributed by atoms with Gasteiger partial charge >= 0.3 is 0 Å². The Kier molecular flexibility index (Phi) is 5.91. The van der Waals surface area contributed by atoms with Gasteiger partial charge in [0.1, 0.15) is 23.2 Å². The first-order valence-corrected chi connectivity index (χ1v) is 9.11. The smallest absolute Gasteiger partial charge is 0.136 e. The third kappa shape index (κ3) is 4.97. The van der Waals surface area contributed by atoms with E-state index in [0.717, 1.165) is 41.9 Å². The van der Waals surface area contributed by atoms with Gasteiger partial charge in [0.05, 0.1) is 7.11 Å². The molecular weight excluding hydrogens is 336 g/mol. The van der Waals surface area contributed by atoms with E-state index in [0.29, 0.717) is 0 Å². The summed E-state index contributed by atoms with van der Waals surface area (Å²) in [6.45, 7) is 6.88. The molecule has 0 fully saturated rings. The van der Waals surface area contributed by atoms with E-state index in [1.54, 1.807) is 7.11 Å². The molecule has 3 aromatic rings. The van der Waals surface area contributed by atoms with Crippen LogP contribution in [-0.4, -0.2) is 23.6 Å². The van der Waals surface area contributed by atoms with Crippen molar-refractivity contribution in [3.63, 3.8) is 0 Å². The van der Waals surface area contributed by atoms with Crippen molar-refractivity contribution in [2.75, 3.05) is 24.3 Å². The van der Waals surface area contributed by atoms with Gasteiger partial charge in [-0.05, 0) is 62.1 Å². The lowest BCUT2D eigenvalue weighted by atomic mass is 10.1. The molecule has 0 unspecified atom stereocenters. The molecule has 0 radical (unpaired) electrons. The van der Waals surface area contributed by atoms with E-state index in [1.807, 2.05) is 31.2 Å². The van der Waals surface area contributed by atoms with E-state index in [2.05, 4.69) is 58.7 Å². The fourth-order valence-corrected chi connectivity index (χ4v) is 2.92. The molecule has 0 bridgehead atoms. The summed E-state index contributed by atoms with van der Waals surface area (Å²) in [7, 11) is 1.70. The first-order valence-electron chi connectivity index (χ1n) is 9.11. The van der Waals surface area contributed by atoms with E-state index in [1.165, 1.54) is 16.7 Å². The molecule has 1 aromatic heterocycles. The van der Waals surface area contributed by atoms with Crippen molar-refractivity contribution in [1.82, 2.24) is 9.97 Å². The van der Waals surface area contributed by atoms with Crippen molar-refractivity contribution in [3.05, 3.63) is 71.0 Å². The minimum absolute atomic E-state index is 0.726. The number of nitrogens with zero attached hydrogens (tertiary/aromatic N) is 2. The number of methoxy groups -OCH3 is 1. The van der Waals surface area contributed by atoms with Gasteiger partial charge in [0.15, 0.2) is 0 Å². The standard InChI is InChI=1S/C22H26N4O/c1-15-9-10-19(13-16(15)2)26-22-14-21(24-17(3)25-22)23-12-11-18-7-5-6-8-20(18)27-4/h5-10,13-14H,11-12H2,1-4H3,(H2,23,24,25,26). The molecule has 140 valence electrons. The molecule has 0 amide bonds. The number of hydrogen-bond donors (Lipinski definition) is 2. The maximum atomic E-state index is 5.41. The highest BCUT2D eigenvalue weighted by molar-refractivity contribution is 5.60. The molecule has 2 aromatic carbocycles. The number of rotatable bonds is 7. The lowest BCUT2D eigenvalue weighted by Gasteiger charge is -2.12. The van der Waals surface area contributed by atoms with Gasteiger partial charge in [-0.2, -0.15) is 0 Å². The summed E-state index contributed by atoms with van der Waals surface area (Å²) in [6, 6.07) is 16.3. The summed E-state index contributed by atoms with van der Waals surface area (Å²) in [6.07, 6.45) is 0.854. The Morgan fingerprint density at radius 1 is 0.889 bits per heavy atom. The zero-order valence-electron chi connectivity index (χ0n) is 16.3. The maximum Gasteiger partial charge on any atom is 0.136 e. The van der Waals surface area contributed by atoms with Crippen LogP contribution < -0.4 is 15.4 Å². The molecule has 5 nitrogen and oxygen atoms in total. The number of anilines is 3. The second kappa shape index (κ2) is 8.54. The molecule has 0 saturated heterocycles. The molecule has 0 aliphatic carbocycles. The quantitative estimate of drug-likeness (QED) is 0.632. The number of aryl methyl sites for hydroxylation is 3. The second-order valence-corrected chi connectivity index (χ2v) is 6.60. The number of benzene rings is 2. The van der Waals surface area contributed by atoms with Gasteiger partial charge in [-0.25, -0.2) is 9.97 Å². The van der Waals surface area contributed by atoms with Crippen LogP contribution in [-0.2, 0) is 6.42 Å². The third-order valence-corrected chi connectivity index (χ3v) is 4.51. The van der Waals surface area contributed by atoms with Crippen LogP contribution in [0.5, 0.6) is 5.75 Å². The zero-order chi connectivity index (χ0) is 19.2. The first-order chi connectivity index (χ1) is 13.0. The van der Waals surface area contributed by atoms with E-state index >= 15 is 0 Å². The summed E-state index contributed by atoms with van der Waals surface area (Å²) in [5, 5.41) is 6.75. The molecule has 5 heteroatoms. The van der Waals surface area contributed by atoms with Crippen LogP contribution in [0.4, 0.5) is 17.3 Å².